The van der Waals surface area contributed by atoms with Crippen molar-refractivity contribution in [1.29, 1.82) is 0 Å². The first-order valence-corrected chi connectivity index (χ1v) is 7.20. The number of benzene rings is 1. The van der Waals surface area contributed by atoms with Gasteiger partial charge >= 0.3 is 5.97 Å². The SMILES string of the molecule is CCOc1ccc(S(=O)(=O)CC(C)C(=O)O)cc1. The summed E-state index contributed by atoms with van der Waals surface area (Å²) >= 11 is 0. The van der Waals surface area contributed by atoms with Crippen molar-refractivity contribution in [3.8, 4) is 5.75 Å². The number of ether oxygens (including phenoxy) is 1. The smallest absolute Gasteiger partial charge is 0.307 e. The molecule has 1 N–H and O–H groups in total. The minimum absolute atomic E-state index is 0.110. The summed E-state index contributed by atoms with van der Waals surface area (Å²) in [6.45, 7) is 3.70. The zero-order chi connectivity index (χ0) is 13.8. The van der Waals surface area contributed by atoms with Crippen molar-refractivity contribution in [1.82, 2.24) is 0 Å². The number of hydrogen-bond acceptors (Lipinski definition) is 4. The predicted octanol–water partition coefficient (Wildman–Crippen LogP) is 1.58. The standard InChI is InChI=1S/C12H16O5S/c1-3-17-10-4-6-11(7-5-10)18(15,16)8-9(2)12(13)14/h4-7,9H,3,8H2,1-2H3,(H,13,14). The van der Waals surface area contributed by atoms with Crippen LogP contribution in [-0.2, 0) is 14.6 Å². The molecule has 0 saturated heterocycles. The zero-order valence-electron chi connectivity index (χ0n) is 10.3. The average Bonchev–Trinajstić information content (AvgIpc) is 2.29. The lowest BCUT2D eigenvalue weighted by Crippen LogP contribution is -2.21. The molecule has 18 heavy (non-hydrogen) atoms. The van der Waals surface area contributed by atoms with Gasteiger partial charge in [0.2, 0.25) is 0 Å². The van der Waals surface area contributed by atoms with Crippen molar-refractivity contribution in [2.75, 3.05) is 12.4 Å². The molecule has 1 rings (SSSR count). The second-order valence-corrected chi connectivity index (χ2v) is 5.96. The number of aliphatic carboxylic acids is 1. The number of carboxylic acid groups (broad SMARTS) is 1. The lowest BCUT2D eigenvalue weighted by molar-refractivity contribution is -0.140. The average molecular weight is 272 g/mol. The van der Waals surface area contributed by atoms with Crippen LogP contribution >= 0.6 is 0 Å². The summed E-state index contributed by atoms with van der Waals surface area (Å²) in [5.41, 5.74) is 0. The van der Waals surface area contributed by atoms with Crippen LogP contribution in [0.15, 0.2) is 29.2 Å². The van der Waals surface area contributed by atoms with Gasteiger partial charge in [-0.1, -0.05) is 6.92 Å². The highest BCUT2D eigenvalue weighted by molar-refractivity contribution is 7.91. The van der Waals surface area contributed by atoms with Crippen LogP contribution in [0.25, 0.3) is 0 Å². The quantitative estimate of drug-likeness (QED) is 0.850. The molecule has 0 spiro atoms. The second-order valence-electron chi connectivity index (χ2n) is 3.93. The van der Waals surface area contributed by atoms with Gasteiger partial charge in [0.15, 0.2) is 9.84 Å². The van der Waals surface area contributed by atoms with Crippen LogP contribution in [0.5, 0.6) is 5.75 Å². The molecule has 100 valence electrons. The second kappa shape index (κ2) is 5.86. The Bertz CT molecular complexity index is 504. The number of hydrogen-bond donors (Lipinski definition) is 1. The van der Waals surface area contributed by atoms with Crippen LogP contribution in [0.3, 0.4) is 0 Å². The molecular formula is C12H16O5S. The van der Waals surface area contributed by atoms with Gasteiger partial charge in [0, 0.05) is 0 Å². The molecule has 0 bridgehead atoms. The molecule has 0 amide bonds. The molecule has 1 aromatic carbocycles. The van der Waals surface area contributed by atoms with Gasteiger partial charge in [0.25, 0.3) is 0 Å². The summed E-state index contributed by atoms with van der Waals surface area (Å²) in [5, 5.41) is 8.72. The van der Waals surface area contributed by atoms with E-state index in [1.165, 1.54) is 19.1 Å². The minimum Gasteiger partial charge on any atom is -0.494 e. The van der Waals surface area contributed by atoms with E-state index < -0.39 is 27.5 Å². The van der Waals surface area contributed by atoms with Crippen molar-refractivity contribution in [3.05, 3.63) is 24.3 Å². The number of rotatable bonds is 6. The van der Waals surface area contributed by atoms with Gasteiger partial charge in [-0.15, -0.1) is 0 Å². The third kappa shape index (κ3) is 3.73. The largest absolute Gasteiger partial charge is 0.494 e. The summed E-state index contributed by atoms with van der Waals surface area (Å²) in [4.78, 5) is 10.8. The van der Waals surface area contributed by atoms with Crippen LogP contribution in [0, 0.1) is 5.92 Å². The molecule has 1 atom stereocenters. The molecule has 0 heterocycles. The Balaban J connectivity index is 2.88. The van der Waals surface area contributed by atoms with Gasteiger partial charge < -0.3 is 9.84 Å². The number of carboxylic acids is 1. The zero-order valence-corrected chi connectivity index (χ0v) is 11.1. The molecular weight excluding hydrogens is 256 g/mol. The molecule has 6 heteroatoms. The highest BCUT2D eigenvalue weighted by Crippen LogP contribution is 2.18. The van der Waals surface area contributed by atoms with E-state index in [-0.39, 0.29) is 4.90 Å². The van der Waals surface area contributed by atoms with E-state index in [9.17, 15) is 13.2 Å². The van der Waals surface area contributed by atoms with Gasteiger partial charge in [-0.25, -0.2) is 8.42 Å². The molecule has 0 aliphatic rings. The van der Waals surface area contributed by atoms with Gasteiger partial charge in [-0.2, -0.15) is 0 Å². The van der Waals surface area contributed by atoms with E-state index in [1.54, 1.807) is 12.1 Å². The maximum atomic E-state index is 11.9. The van der Waals surface area contributed by atoms with Crippen molar-refractivity contribution >= 4 is 15.8 Å². The van der Waals surface area contributed by atoms with Crippen molar-refractivity contribution in [2.24, 2.45) is 5.92 Å². The molecule has 5 nitrogen and oxygen atoms in total. The summed E-state index contributed by atoms with van der Waals surface area (Å²) in [6, 6.07) is 5.97. The van der Waals surface area contributed by atoms with E-state index in [0.717, 1.165) is 0 Å². The van der Waals surface area contributed by atoms with E-state index in [2.05, 4.69) is 0 Å². The summed E-state index contributed by atoms with van der Waals surface area (Å²) in [6.07, 6.45) is 0. The summed E-state index contributed by atoms with van der Waals surface area (Å²) in [7, 11) is -3.57. The minimum atomic E-state index is -3.57. The lowest BCUT2D eigenvalue weighted by Gasteiger charge is -2.08. The monoisotopic (exact) mass is 272 g/mol. The van der Waals surface area contributed by atoms with E-state index in [0.29, 0.717) is 12.4 Å². The summed E-state index contributed by atoms with van der Waals surface area (Å²) < 4.78 is 29.0. The summed E-state index contributed by atoms with van der Waals surface area (Å²) in [5.74, 6) is -1.87. The van der Waals surface area contributed by atoms with Crippen molar-refractivity contribution in [3.63, 3.8) is 0 Å². The Morgan fingerprint density at radius 3 is 2.33 bits per heavy atom. The Labute approximate surface area is 106 Å². The molecule has 0 aliphatic carbocycles. The molecule has 0 aromatic heterocycles. The molecule has 1 unspecified atom stereocenters. The fourth-order valence-corrected chi connectivity index (χ4v) is 2.95. The van der Waals surface area contributed by atoms with Crippen molar-refractivity contribution < 1.29 is 23.1 Å². The highest BCUT2D eigenvalue weighted by atomic mass is 32.2. The maximum absolute atomic E-state index is 11.9. The fraction of sp³-hybridized carbons (Fsp3) is 0.417. The molecule has 1 aromatic rings. The topological polar surface area (TPSA) is 80.7 Å². The van der Waals surface area contributed by atoms with E-state index in [4.69, 9.17) is 9.84 Å². The Hall–Kier alpha value is -1.56. The molecule has 0 saturated carbocycles. The lowest BCUT2D eigenvalue weighted by atomic mass is 10.2. The normalized spacial score (nSPS) is 13.0. The molecule has 0 radical (unpaired) electrons. The first kappa shape index (κ1) is 14.5. The Morgan fingerprint density at radius 2 is 1.89 bits per heavy atom. The Kier molecular flexibility index (Phi) is 4.72. The van der Waals surface area contributed by atoms with Crippen LogP contribution in [0.2, 0.25) is 0 Å². The predicted molar refractivity (Wildman–Crippen MR) is 66.5 cm³/mol. The highest BCUT2D eigenvalue weighted by Gasteiger charge is 2.22. The van der Waals surface area contributed by atoms with E-state index >= 15 is 0 Å². The van der Waals surface area contributed by atoms with Crippen LogP contribution < -0.4 is 4.74 Å². The first-order valence-electron chi connectivity index (χ1n) is 5.55. The Morgan fingerprint density at radius 1 is 1.33 bits per heavy atom. The number of carbonyl (C=O) groups is 1. The van der Waals surface area contributed by atoms with Gasteiger partial charge in [0.05, 0.1) is 23.2 Å². The third-order valence-electron chi connectivity index (χ3n) is 2.38. The number of sulfone groups is 1. The third-order valence-corrected chi connectivity index (χ3v) is 4.31. The van der Waals surface area contributed by atoms with Crippen LogP contribution in [0.1, 0.15) is 13.8 Å². The van der Waals surface area contributed by atoms with Crippen LogP contribution in [-0.4, -0.2) is 31.9 Å². The first-order chi connectivity index (χ1) is 8.36. The molecule has 0 fully saturated rings. The van der Waals surface area contributed by atoms with E-state index in [1.807, 2.05) is 6.92 Å². The van der Waals surface area contributed by atoms with Gasteiger partial charge in [-0.3, -0.25) is 4.79 Å². The van der Waals surface area contributed by atoms with Gasteiger partial charge in [0.1, 0.15) is 5.75 Å². The maximum Gasteiger partial charge on any atom is 0.307 e. The fourth-order valence-electron chi connectivity index (χ4n) is 1.41. The van der Waals surface area contributed by atoms with Crippen LogP contribution in [0.4, 0.5) is 0 Å². The van der Waals surface area contributed by atoms with Gasteiger partial charge in [-0.05, 0) is 31.2 Å². The van der Waals surface area contributed by atoms with Crippen molar-refractivity contribution in [2.45, 2.75) is 18.7 Å². The molecule has 0 aliphatic heterocycles.